The van der Waals surface area contributed by atoms with E-state index in [1.54, 1.807) is 6.26 Å². The molecule has 0 spiro atoms. The molecule has 0 aromatic carbocycles. The normalized spacial score (nSPS) is 19.6. The third-order valence-electron chi connectivity index (χ3n) is 3.30. The molecule has 15 heavy (non-hydrogen) atoms. The van der Waals surface area contributed by atoms with E-state index in [-0.39, 0.29) is 0 Å². The average Bonchev–Trinajstić information content (AvgIpc) is 2.66. The summed E-state index contributed by atoms with van der Waals surface area (Å²) in [6, 6.07) is 2.01. The Labute approximate surface area is 90.7 Å². The molecule has 0 amide bonds. The lowest BCUT2D eigenvalue weighted by molar-refractivity contribution is 0.122. The van der Waals surface area contributed by atoms with Crippen molar-refractivity contribution in [1.82, 2.24) is 4.90 Å². The standard InChI is InChI=1S/C12H19NO2/c1-10-4-7-15-12(10)8-13-5-2-11(9-14)3-6-13/h4,7,11,14H,2-3,5-6,8-9H2,1H3. The molecule has 1 aliphatic heterocycles. The van der Waals surface area contributed by atoms with Gasteiger partial charge in [0.25, 0.3) is 0 Å². The minimum Gasteiger partial charge on any atom is -0.468 e. The highest BCUT2D eigenvalue weighted by molar-refractivity contribution is 5.14. The van der Waals surface area contributed by atoms with E-state index < -0.39 is 0 Å². The summed E-state index contributed by atoms with van der Waals surface area (Å²) in [5, 5.41) is 9.04. The number of rotatable bonds is 3. The van der Waals surface area contributed by atoms with Gasteiger partial charge in [0, 0.05) is 6.61 Å². The van der Waals surface area contributed by atoms with Crippen LogP contribution in [0.3, 0.4) is 0 Å². The van der Waals surface area contributed by atoms with Gasteiger partial charge in [0.1, 0.15) is 5.76 Å². The second-order valence-electron chi connectivity index (χ2n) is 4.43. The van der Waals surface area contributed by atoms with E-state index in [4.69, 9.17) is 9.52 Å². The molecule has 1 aromatic rings. The number of piperidine rings is 1. The second kappa shape index (κ2) is 4.81. The van der Waals surface area contributed by atoms with Crippen molar-refractivity contribution in [2.75, 3.05) is 19.7 Å². The van der Waals surface area contributed by atoms with Gasteiger partial charge in [-0.1, -0.05) is 0 Å². The summed E-state index contributed by atoms with van der Waals surface area (Å²) in [7, 11) is 0. The van der Waals surface area contributed by atoms with Crippen LogP contribution >= 0.6 is 0 Å². The Hall–Kier alpha value is -0.800. The van der Waals surface area contributed by atoms with Crippen molar-refractivity contribution in [2.24, 2.45) is 5.92 Å². The molecule has 84 valence electrons. The van der Waals surface area contributed by atoms with Gasteiger partial charge in [-0.15, -0.1) is 0 Å². The van der Waals surface area contributed by atoms with E-state index in [1.165, 1.54) is 5.56 Å². The Morgan fingerprint density at radius 2 is 2.20 bits per heavy atom. The highest BCUT2D eigenvalue weighted by Gasteiger charge is 2.19. The highest BCUT2D eigenvalue weighted by atomic mass is 16.3. The van der Waals surface area contributed by atoms with Crippen molar-refractivity contribution >= 4 is 0 Å². The summed E-state index contributed by atoms with van der Waals surface area (Å²) in [6.45, 7) is 5.49. The van der Waals surface area contributed by atoms with Gasteiger partial charge in [-0.25, -0.2) is 0 Å². The molecule has 3 heteroatoms. The smallest absolute Gasteiger partial charge is 0.120 e. The third-order valence-corrected chi connectivity index (χ3v) is 3.30. The van der Waals surface area contributed by atoms with Crippen molar-refractivity contribution in [3.8, 4) is 0 Å². The fourth-order valence-corrected chi connectivity index (χ4v) is 2.10. The fourth-order valence-electron chi connectivity index (χ4n) is 2.10. The highest BCUT2D eigenvalue weighted by Crippen LogP contribution is 2.19. The number of aryl methyl sites for hydroxylation is 1. The molecule has 0 saturated carbocycles. The molecular weight excluding hydrogens is 190 g/mol. The van der Waals surface area contributed by atoms with Crippen LogP contribution in [0.25, 0.3) is 0 Å². The van der Waals surface area contributed by atoms with Crippen LogP contribution in [0, 0.1) is 12.8 Å². The van der Waals surface area contributed by atoms with Gasteiger partial charge in [0.05, 0.1) is 12.8 Å². The Morgan fingerprint density at radius 3 is 2.73 bits per heavy atom. The Morgan fingerprint density at radius 1 is 1.47 bits per heavy atom. The summed E-state index contributed by atoms with van der Waals surface area (Å²) < 4.78 is 5.43. The molecule has 0 unspecified atom stereocenters. The molecule has 1 aromatic heterocycles. The lowest BCUT2D eigenvalue weighted by atomic mass is 9.98. The molecule has 0 radical (unpaired) electrons. The van der Waals surface area contributed by atoms with Gasteiger partial charge in [0.15, 0.2) is 0 Å². The molecule has 3 nitrogen and oxygen atoms in total. The number of nitrogens with zero attached hydrogens (tertiary/aromatic N) is 1. The topological polar surface area (TPSA) is 36.6 Å². The molecule has 0 atom stereocenters. The van der Waals surface area contributed by atoms with Crippen LogP contribution in [0.2, 0.25) is 0 Å². The van der Waals surface area contributed by atoms with Gasteiger partial charge in [0.2, 0.25) is 0 Å². The van der Waals surface area contributed by atoms with Crippen molar-refractivity contribution in [3.05, 3.63) is 23.7 Å². The maximum absolute atomic E-state index is 9.04. The number of aliphatic hydroxyl groups excluding tert-OH is 1. The van der Waals surface area contributed by atoms with Crippen LogP contribution in [-0.4, -0.2) is 29.7 Å². The van der Waals surface area contributed by atoms with E-state index in [0.717, 1.165) is 38.2 Å². The van der Waals surface area contributed by atoms with E-state index in [1.807, 2.05) is 6.07 Å². The number of aliphatic hydroxyl groups is 1. The third kappa shape index (κ3) is 2.61. The molecule has 1 saturated heterocycles. The summed E-state index contributed by atoms with van der Waals surface area (Å²) in [4.78, 5) is 2.40. The zero-order valence-corrected chi connectivity index (χ0v) is 9.28. The van der Waals surface area contributed by atoms with Gasteiger partial charge in [-0.2, -0.15) is 0 Å². The van der Waals surface area contributed by atoms with Gasteiger partial charge in [-0.3, -0.25) is 4.90 Å². The van der Waals surface area contributed by atoms with E-state index in [0.29, 0.717) is 12.5 Å². The Kier molecular flexibility index (Phi) is 3.44. The number of hydrogen-bond donors (Lipinski definition) is 1. The zero-order valence-electron chi connectivity index (χ0n) is 9.28. The number of hydrogen-bond acceptors (Lipinski definition) is 3. The largest absolute Gasteiger partial charge is 0.468 e. The summed E-state index contributed by atoms with van der Waals surface area (Å²) >= 11 is 0. The predicted octanol–water partition coefficient (Wildman–Crippen LogP) is 1.79. The molecule has 1 N–H and O–H groups in total. The van der Waals surface area contributed by atoms with Crippen LogP contribution in [0.15, 0.2) is 16.7 Å². The first-order valence-electron chi connectivity index (χ1n) is 5.66. The Balaban J connectivity index is 1.85. The second-order valence-corrected chi connectivity index (χ2v) is 4.43. The van der Waals surface area contributed by atoms with Crippen molar-refractivity contribution in [2.45, 2.75) is 26.3 Å². The van der Waals surface area contributed by atoms with Gasteiger partial charge < -0.3 is 9.52 Å². The van der Waals surface area contributed by atoms with E-state index >= 15 is 0 Å². The molecule has 1 fully saturated rings. The van der Waals surface area contributed by atoms with Crippen LogP contribution < -0.4 is 0 Å². The monoisotopic (exact) mass is 209 g/mol. The van der Waals surface area contributed by atoms with E-state index in [2.05, 4.69) is 11.8 Å². The van der Waals surface area contributed by atoms with Crippen LogP contribution in [0.1, 0.15) is 24.2 Å². The van der Waals surface area contributed by atoms with Crippen molar-refractivity contribution in [1.29, 1.82) is 0 Å². The number of likely N-dealkylation sites (tertiary alicyclic amines) is 1. The van der Waals surface area contributed by atoms with Crippen LogP contribution in [0.5, 0.6) is 0 Å². The number of furan rings is 1. The first-order chi connectivity index (χ1) is 7.29. The minimum absolute atomic E-state index is 0.341. The first kappa shape index (κ1) is 10.7. The molecular formula is C12H19NO2. The lowest BCUT2D eigenvalue weighted by Gasteiger charge is -2.30. The predicted molar refractivity (Wildman–Crippen MR) is 58.5 cm³/mol. The van der Waals surface area contributed by atoms with Gasteiger partial charge >= 0.3 is 0 Å². The zero-order chi connectivity index (χ0) is 10.7. The summed E-state index contributed by atoms with van der Waals surface area (Å²) in [5.74, 6) is 1.59. The molecule has 0 aliphatic carbocycles. The summed E-state index contributed by atoms with van der Waals surface area (Å²) in [6.07, 6.45) is 3.97. The molecule has 2 heterocycles. The maximum atomic E-state index is 9.04. The van der Waals surface area contributed by atoms with Crippen molar-refractivity contribution < 1.29 is 9.52 Å². The quantitative estimate of drug-likeness (QED) is 0.824. The van der Waals surface area contributed by atoms with Crippen LogP contribution in [0.4, 0.5) is 0 Å². The average molecular weight is 209 g/mol. The molecule has 2 rings (SSSR count). The molecule has 0 bridgehead atoms. The molecule has 1 aliphatic rings. The van der Waals surface area contributed by atoms with Gasteiger partial charge in [-0.05, 0) is 50.4 Å². The fraction of sp³-hybridized carbons (Fsp3) is 0.667. The van der Waals surface area contributed by atoms with E-state index in [9.17, 15) is 0 Å². The summed E-state index contributed by atoms with van der Waals surface area (Å²) in [5.41, 5.74) is 1.24. The maximum Gasteiger partial charge on any atom is 0.120 e. The van der Waals surface area contributed by atoms with Crippen molar-refractivity contribution in [3.63, 3.8) is 0 Å². The minimum atomic E-state index is 0.341. The SMILES string of the molecule is Cc1ccoc1CN1CCC(CO)CC1. The first-order valence-corrected chi connectivity index (χ1v) is 5.66. The Bertz CT molecular complexity index is 300. The van der Waals surface area contributed by atoms with Crippen LogP contribution in [-0.2, 0) is 6.54 Å². The lowest BCUT2D eigenvalue weighted by Crippen LogP contribution is -2.34.